The van der Waals surface area contributed by atoms with Crippen LogP contribution in [0.5, 0.6) is 0 Å². The first-order valence-corrected chi connectivity index (χ1v) is 22.4. The SMILES string of the molecule is C/C=C/c1ccc(-c2ccc(-c3ccc(C(C=C4COCC4=CCC)=C([C]#[Os])[P+](c4ccccc4)(c4ccccc4)c4ccccc4)cc3)c3nn(C)nc23)cc1. The summed E-state index contributed by atoms with van der Waals surface area (Å²) < 4.78 is 9.99. The molecular formula is C51H44N3OOsP+. The molecule has 1 fully saturated rings. The molecule has 0 atom stereocenters. The third-order valence-corrected chi connectivity index (χ3v) is 15.9. The fraction of sp³-hybridized carbons (Fsp3) is 0.118. The van der Waals surface area contributed by atoms with Crippen molar-refractivity contribution in [3.8, 4) is 26.6 Å². The van der Waals surface area contributed by atoms with Crippen LogP contribution in [-0.2, 0) is 29.7 Å². The topological polar surface area (TPSA) is 39.9 Å². The van der Waals surface area contributed by atoms with Crippen molar-refractivity contribution in [1.82, 2.24) is 15.0 Å². The summed E-state index contributed by atoms with van der Waals surface area (Å²) in [5, 5.41) is 14.8. The summed E-state index contributed by atoms with van der Waals surface area (Å²) in [6.07, 6.45) is 9.82. The summed E-state index contributed by atoms with van der Waals surface area (Å²) in [6.45, 7) is 5.44. The molecule has 0 N–H and O–H groups in total. The molecule has 0 spiro atoms. The molecule has 1 aromatic heterocycles. The molecule has 0 amide bonds. The number of aromatic nitrogens is 3. The van der Waals surface area contributed by atoms with E-state index in [4.69, 9.17) is 14.9 Å². The summed E-state index contributed by atoms with van der Waals surface area (Å²) in [7, 11) is -0.578. The molecule has 7 aromatic rings. The Hall–Kier alpha value is -5.51. The minimum absolute atomic E-state index is 0.579. The van der Waals surface area contributed by atoms with Gasteiger partial charge >= 0.3 is 299 Å². The van der Waals surface area contributed by atoms with Crippen LogP contribution in [0.2, 0.25) is 0 Å². The number of rotatable bonds is 10. The molecule has 0 unspecified atom stereocenters. The Morgan fingerprint density at radius 3 is 1.65 bits per heavy atom. The normalized spacial score (nSPS) is 15.1. The molecule has 8 rings (SSSR count). The Bertz CT molecular complexity index is 2590. The van der Waals surface area contributed by atoms with Gasteiger partial charge in [0.15, 0.2) is 0 Å². The van der Waals surface area contributed by atoms with Crippen LogP contribution in [0.4, 0.5) is 0 Å². The van der Waals surface area contributed by atoms with Gasteiger partial charge in [0.1, 0.15) is 0 Å². The monoisotopic (exact) mass is 937 g/mol. The maximum Gasteiger partial charge on any atom is -0.0537 e. The van der Waals surface area contributed by atoms with Gasteiger partial charge in [-0.3, -0.25) is 0 Å². The molecule has 57 heavy (non-hydrogen) atoms. The van der Waals surface area contributed by atoms with E-state index in [0.29, 0.717) is 13.2 Å². The van der Waals surface area contributed by atoms with E-state index < -0.39 is 7.26 Å². The van der Waals surface area contributed by atoms with Crippen molar-refractivity contribution in [1.29, 1.82) is 0 Å². The van der Waals surface area contributed by atoms with Gasteiger partial charge in [-0.25, -0.2) is 0 Å². The molecule has 0 aliphatic carbocycles. The van der Waals surface area contributed by atoms with Crippen LogP contribution in [0, 0.1) is 4.37 Å². The van der Waals surface area contributed by atoms with E-state index in [2.05, 4.69) is 187 Å². The number of nitrogens with zero attached hydrogens (tertiary/aromatic N) is 3. The third kappa shape index (κ3) is 7.54. The first-order chi connectivity index (χ1) is 28.0. The van der Waals surface area contributed by atoms with Crippen molar-refractivity contribution in [2.45, 2.75) is 20.3 Å². The second-order valence-corrected chi connectivity index (χ2v) is 18.0. The van der Waals surface area contributed by atoms with Crippen LogP contribution in [0.1, 0.15) is 31.4 Å². The number of hydrogen-bond donors (Lipinski definition) is 0. The van der Waals surface area contributed by atoms with Crippen LogP contribution in [-0.4, -0.2) is 28.2 Å². The smallest absolute Gasteiger partial charge is 0.0537 e. The summed E-state index contributed by atoms with van der Waals surface area (Å²) in [4.78, 5) is 1.68. The van der Waals surface area contributed by atoms with Gasteiger partial charge in [0, 0.05) is 0 Å². The molecule has 6 aromatic carbocycles. The van der Waals surface area contributed by atoms with Crippen molar-refractivity contribution >= 4 is 45.9 Å². The van der Waals surface area contributed by atoms with Gasteiger partial charge in [0.25, 0.3) is 0 Å². The van der Waals surface area contributed by atoms with Gasteiger partial charge in [-0.2, -0.15) is 0 Å². The average Bonchev–Trinajstić information content (AvgIpc) is 3.88. The summed E-state index contributed by atoms with van der Waals surface area (Å²) in [6, 6.07) is 55.2. The Labute approximate surface area is 346 Å². The Morgan fingerprint density at radius 1 is 0.684 bits per heavy atom. The van der Waals surface area contributed by atoms with E-state index in [0.717, 1.165) is 50.8 Å². The van der Waals surface area contributed by atoms with E-state index >= 15 is 0 Å². The van der Waals surface area contributed by atoms with Gasteiger partial charge in [0.05, 0.1) is 0 Å². The number of ether oxygens (including phenoxy) is 1. The van der Waals surface area contributed by atoms with Gasteiger partial charge in [-0.05, 0) is 12.5 Å². The zero-order valence-corrected chi connectivity index (χ0v) is 35.8. The first-order valence-electron chi connectivity index (χ1n) is 19.4. The molecule has 281 valence electrons. The summed E-state index contributed by atoms with van der Waals surface area (Å²) in [5.74, 6) is 0. The second kappa shape index (κ2) is 17.3. The van der Waals surface area contributed by atoms with Crippen LogP contribution >= 0.6 is 7.26 Å². The molecule has 0 saturated carbocycles. The first kappa shape index (κ1) is 38.4. The minimum atomic E-state index is -2.47. The van der Waals surface area contributed by atoms with Crippen LogP contribution in [0.3, 0.4) is 0 Å². The van der Waals surface area contributed by atoms with Crippen molar-refractivity contribution in [2.24, 2.45) is 7.05 Å². The zero-order valence-electron chi connectivity index (χ0n) is 32.4. The number of aryl methyl sites for hydroxylation is 1. The number of fused-ring (bicyclic) bond motifs is 1. The van der Waals surface area contributed by atoms with Gasteiger partial charge < -0.3 is 0 Å². The Kier molecular flexibility index (Phi) is 11.7. The molecule has 6 heteroatoms. The molecule has 0 radical (unpaired) electrons. The van der Waals surface area contributed by atoms with Gasteiger partial charge in [-0.1, -0.05) is 36.4 Å². The van der Waals surface area contributed by atoms with E-state index in [1.165, 1.54) is 37.9 Å². The third-order valence-electron chi connectivity index (χ3n) is 10.5. The van der Waals surface area contributed by atoms with E-state index in [1.54, 1.807) is 4.80 Å². The fourth-order valence-corrected chi connectivity index (χ4v) is 13.7. The number of allylic oxidation sites excluding steroid dienone is 5. The van der Waals surface area contributed by atoms with Crippen molar-refractivity contribution in [3.63, 3.8) is 0 Å². The van der Waals surface area contributed by atoms with E-state index in [1.807, 2.05) is 31.9 Å². The molecule has 1 aliphatic heterocycles. The van der Waals surface area contributed by atoms with Crippen molar-refractivity contribution in [2.75, 3.05) is 13.2 Å². The molecular weight excluding hydrogens is 892 g/mol. The van der Waals surface area contributed by atoms with E-state index in [9.17, 15) is 0 Å². The Balaban J connectivity index is 1.35. The van der Waals surface area contributed by atoms with E-state index in [-0.39, 0.29) is 0 Å². The Morgan fingerprint density at radius 2 is 1.18 bits per heavy atom. The standard InChI is InChI=1S/C51H44N3OP.Os/c1-5-16-38-24-26-39(27-25-38)47-32-33-48(51-50(47)52-54(4)53-51)40-28-30-41(31-29-40)49(34-43-36-55-35-42(43)17-6-2)37(3)56(44-18-10-7-11-19-44,45-20-12-8-13-21-45)46-22-14-9-15-23-46;/h5,7-34H,6,35-36H2,1-2,4H3;/q+1;/b16-5+,42-17?,43-34?,49-37?;. The quantitative estimate of drug-likeness (QED) is 0.128. The maximum atomic E-state index is 6.10. The van der Waals surface area contributed by atoms with Crippen LogP contribution in [0.25, 0.3) is 44.9 Å². The second-order valence-electron chi connectivity index (χ2n) is 14.1. The molecule has 2 heterocycles. The van der Waals surface area contributed by atoms with Crippen LogP contribution < -0.4 is 15.9 Å². The van der Waals surface area contributed by atoms with Gasteiger partial charge in [-0.15, -0.1) is 0 Å². The van der Waals surface area contributed by atoms with Crippen molar-refractivity contribution < 1.29 is 22.7 Å². The summed E-state index contributed by atoms with van der Waals surface area (Å²) in [5.41, 5.74) is 12.0. The molecule has 4 nitrogen and oxygen atoms in total. The molecule has 1 saturated heterocycles. The average molecular weight is 936 g/mol. The predicted molar refractivity (Wildman–Crippen MR) is 237 cm³/mol. The number of benzene rings is 6. The number of hydrogen-bond acceptors (Lipinski definition) is 3. The van der Waals surface area contributed by atoms with Crippen LogP contribution in [0.15, 0.2) is 186 Å². The van der Waals surface area contributed by atoms with Crippen molar-refractivity contribution in [3.05, 3.63) is 197 Å². The molecule has 1 aliphatic rings. The maximum absolute atomic E-state index is 6.10. The largest absolute Gasteiger partial charge is 0.0544 e. The zero-order chi connectivity index (χ0) is 39.2. The summed E-state index contributed by atoms with van der Waals surface area (Å²) >= 11 is 1.82. The van der Waals surface area contributed by atoms with Gasteiger partial charge in [0.2, 0.25) is 0 Å². The molecule has 0 bridgehead atoms. The fourth-order valence-electron chi connectivity index (χ4n) is 7.92. The minimum Gasteiger partial charge on any atom is -0.0544 e. The predicted octanol–water partition coefficient (Wildman–Crippen LogP) is 10.8.